The van der Waals surface area contributed by atoms with Crippen molar-refractivity contribution in [2.24, 2.45) is 0 Å². The van der Waals surface area contributed by atoms with Gasteiger partial charge in [-0.05, 0) is 42.5 Å². The zero-order valence-electron chi connectivity index (χ0n) is 19.1. The van der Waals surface area contributed by atoms with Gasteiger partial charge in [-0.15, -0.1) is 0 Å². The third-order valence-electron chi connectivity index (χ3n) is 6.11. The molecule has 1 unspecified atom stereocenters. The SMILES string of the molecule is COC(=O)C(C/C=C/c1ccc(C2(OC)CCC(=O)CC2)cc1)NC(=O)c1c(Cl)cccc1Cl. The van der Waals surface area contributed by atoms with E-state index in [9.17, 15) is 14.4 Å². The number of ether oxygens (including phenoxy) is 2. The van der Waals surface area contributed by atoms with Gasteiger partial charge in [0, 0.05) is 20.0 Å². The predicted molar refractivity (Wildman–Crippen MR) is 132 cm³/mol. The summed E-state index contributed by atoms with van der Waals surface area (Å²) in [5.41, 5.74) is 1.63. The normalized spacial score (nSPS) is 16.3. The number of esters is 1. The second-order valence-electron chi connectivity index (χ2n) is 8.14. The molecular formula is C26H27Cl2NO5. The van der Waals surface area contributed by atoms with Crippen molar-refractivity contribution in [1.82, 2.24) is 5.32 Å². The molecule has 6 nitrogen and oxygen atoms in total. The number of ketones is 1. The number of carbonyl (C=O) groups excluding carboxylic acids is 3. The number of halogens is 2. The molecule has 1 amide bonds. The Kier molecular flexibility index (Phi) is 8.89. The van der Waals surface area contributed by atoms with Crippen LogP contribution in [-0.4, -0.2) is 37.9 Å². The number of Topliss-reactive ketones (excluding diaryl/α,β-unsaturated/α-hetero) is 1. The van der Waals surface area contributed by atoms with Gasteiger partial charge in [0.1, 0.15) is 11.8 Å². The van der Waals surface area contributed by atoms with Crippen LogP contribution in [0.15, 0.2) is 48.5 Å². The molecule has 0 saturated heterocycles. The van der Waals surface area contributed by atoms with Gasteiger partial charge in [-0.25, -0.2) is 4.79 Å². The maximum Gasteiger partial charge on any atom is 0.328 e. The number of nitrogens with one attached hydrogen (secondary N) is 1. The molecule has 1 atom stereocenters. The Bertz CT molecular complexity index is 1050. The third kappa shape index (κ3) is 6.06. The number of carbonyl (C=O) groups is 3. The predicted octanol–water partition coefficient (Wildman–Crippen LogP) is 5.35. The highest BCUT2D eigenvalue weighted by Gasteiger charge is 2.36. The fourth-order valence-electron chi connectivity index (χ4n) is 4.08. The average Bonchev–Trinajstić information content (AvgIpc) is 2.84. The molecule has 0 aromatic heterocycles. The molecule has 2 aromatic carbocycles. The van der Waals surface area contributed by atoms with Crippen molar-refractivity contribution in [2.75, 3.05) is 14.2 Å². The highest BCUT2D eigenvalue weighted by atomic mass is 35.5. The standard InChI is InChI=1S/C26H27Cl2NO5/c1-33-25(32)22(29-24(31)23-20(27)6-4-7-21(23)28)8-3-5-17-9-11-18(12-10-17)26(34-2)15-13-19(30)14-16-26/h3-7,9-12,22H,8,13-16H2,1-2H3,(H,29,31)/b5-3+. The molecule has 1 aliphatic rings. The topological polar surface area (TPSA) is 81.7 Å². The van der Waals surface area contributed by atoms with E-state index in [1.165, 1.54) is 7.11 Å². The second-order valence-corrected chi connectivity index (χ2v) is 8.96. The minimum Gasteiger partial charge on any atom is -0.467 e. The Hall–Kier alpha value is -2.67. The first-order chi connectivity index (χ1) is 16.3. The van der Waals surface area contributed by atoms with E-state index in [0.29, 0.717) is 25.7 Å². The molecule has 34 heavy (non-hydrogen) atoms. The molecule has 3 rings (SSSR count). The first kappa shape index (κ1) is 25.9. The third-order valence-corrected chi connectivity index (χ3v) is 6.74. The van der Waals surface area contributed by atoms with E-state index in [4.69, 9.17) is 32.7 Å². The zero-order chi connectivity index (χ0) is 24.7. The van der Waals surface area contributed by atoms with E-state index in [1.54, 1.807) is 31.4 Å². The van der Waals surface area contributed by atoms with Crippen LogP contribution in [0.1, 0.15) is 53.6 Å². The quantitative estimate of drug-likeness (QED) is 0.490. The lowest BCUT2D eigenvalue weighted by molar-refractivity contribution is -0.142. The fraction of sp³-hybridized carbons (Fsp3) is 0.346. The molecule has 8 heteroatoms. The van der Waals surface area contributed by atoms with Crippen LogP contribution in [0.3, 0.4) is 0 Å². The summed E-state index contributed by atoms with van der Waals surface area (Å²) < 4.78 is 10.6. The van der Waals surface area contributed by atoms with Crippen molar-refractivity contribution in [3.05, 3.63) is 75.3 Å². The number of hydrogen-bond donors (Lipinski definition) is 1. The number of amides is 1. The lowest BCUT2D eigenvalue weighted by atomic mass is 9.79. The summed E-state index contributed by atoms with van der Waals surface area (Å²) in [6.07, 6.45) is 6.26. The van der Waals surface area contributed by atoms with Crippen LogP contribution in [0.2, 0.25) is 10.0 Å². The summed E-state index contributed by atoms with van der Waals surface area (Å²) in [5.74, 6) is -0.860. The largest absolute Gasteiger partial charge is 0.467 e. The summed E-state index contributed by atoms with van der Waals surface area (Å²) in [6.45, 7) is 0. The summed E-state index contributed by atoms with van der Waals surface area (Å²) >= 11 is 12.2. The highest BCUT2D eigenvalue weighted by molar-refractivity contribution is 6.39. The van der Waals surface area contributed by atoms with Gasteiger partial charge in [-0.2, -0.15) is 0 Å². The van der Waals surface area contributed by atoms with Crippen LogP contribution >= 0.6 is 23.2 Å². The summed E-state index contributed by atoms with van der Waals surface area (Å²) in [5, 5.41) is 3.03. The summed E-state index contributed by atoms with van der Waals surface area (Å²) in [6, 6.07) is 11.7. The van der Waals surface area contributed by atoms with Crippen LogP contribution < -0.4 is 5.32 Å². The van der Waals surface area contributed by atoms with Gasteiger partial charge in [0.2, 0.25) is 0 Å². The minimum absolute atomic E-state index is 0.107. The Balaban J connectivity index is 1.68. The molecule has 2 aromatic rings. The van der Waals surface area contributed by atoms with E-state index >= 15 is 0 Å². The first-order valence-corrected chi connectivity index (χ1v) is 11.7. The Morgan fingerprint density at radius 3 is 2.24 bits per heavy atom. The minimum atomic E-state index is -0.906. The Morgan fingerprint density at radius 1 is 1.06 bits per heavy atom. The van der Waals surface area contributed by atoms with Crippen LogP contribution in [0.5, 0.6) is 0 Å². The van der Waals surface area contributed by atoms with Gasteiger partial charge >= 0.3 is 5.97 Å². The van der Waals surface area contributed by atoms with Crippen molar-refractivity contribution in [3.8, 4) is 0 Å². The van der Waals surface area contributed by atoms with Gasteiger partial charge in [0.05, 0.1) is 28.3 Å². The molecule has 0 heterocycles. The lowest BCUT2D eigenvalue weighted by Crippen LogP contribution is -2.41. The van der Waals surface area contributed by atoms with E-state index in [1.807, 2.05) is 30.3 Å². The smallest absolute Gasteiger partial charge is 0.328 e. The van der Waals surface area contributed by atoms with Crippen LogP contribution in [0.25, 0.3) is 6.08 Å². The van der Waals surface area contributed by atoms with E-state index < -0.39 is 23.5 Å². The highest BCUT2D eigenvalue weighted by Crippen LogP contribution is 2.39. The number of hydrogen-bond acceptors (Lipinski definition) is 5. The number of rotatable bonds is 8. The van der Waals surface area contributed by atoms with Gasteiger partial charge in [-0.3, -0.25) is 9.59 Å². The maximum atomic E-state index is 12.7. The monoisotopic (exact) mass is 503 g/mol. The Morgan fingerprint density at radius 2 is 1.68 bits per heavy atom. The molecule has 0 aliphatic heterocycles. The zero-order valence-corrected chi connectivity index (χ0v) is 20.6. The molecule has 1 aliphatic carbocycles. The van der Waals surface area contributed by atoms with Crippen LogP contribution in [0, 0.1) is 0 Å². The fourth-order valence-corrected chi connectivity index (χ4v) is 4.65. The summed E-state index contributed by atoms with van der Waals surface area (Å²) in [4.78, 5) is 36.5. The molecular weight excluding hydrogens is 477 g/mol. The molecule has 1 saturated carbocycles. The molecule has 0 bridgehead atoms. The van der Waals surface area contributed by atoms with Crippen molar-refractivity contribution in [3.63, 3.8) is 0 Å². The van der Waals surface area contributed by atoms with Crippen molar-refractivity contribution in [1.29, 1.82) is 0 Å². The maximum absolute atomic E-state index is 12.7. The number of methoxy groups -OCH3 is 2. The van der Waals surface area contributed by atoms with Crippen molar-refractivity contribution < 1.29 is 23.9 Å². The number of benzene rings is 2. The molecule has 1 fully saturated rings. The molecule has 0 spiro atoms. The van der Waals surface area contributed by atoms with Crippen LogP contribution in [0.4, 0.5) is 0 Å². The summed E-state index contributed by atoms with van der Waals surface area (Å²) in [7, 11) is 2.94. The van der Waals surface area contributed by atoms with Crippen molar-refractivity contribution in [2.45, 2.75) is 43.7 Å². The average molecular weight is 504 g/mol. The van der Waals surface area contributed by atoms with E-state index in [2.05, 4.69) is 5.32 Å². The first-order valence-electron chi connectivity index (χ1n) is 11.0. The van der Waals surface area contributed by atoms with Gasteiger partial charge in [0.15, 0.2) is 0 Å². The van der Waals surface area contributed by atoms with E-state index in [-0.39, 0.29) is 27.8 Å². The van der Waals surface area contributed by atoms with Gasteiger partial charge in [0.25, 0.3) is 5.91 Å². The van der Waals surface area contributed by atoms with E-state index in [0.717, 1.165) is 11.1 Å². The van der Waals surface area contributed by atoms with Gasteiger partial charge in [-0.1, -0.05) is 65.7 Å². The Labute approximate surface area is 209 Å². The lowest BCUT2D eigenvalue weighted by Gasteiger charge is -2.36. The second kappa shape index (κ2) is 11.6. The van der Waals surface area contributed by atoms with Crippen molar-refractivity contribution >= 4 is 46.9 Å². The molecule has 180 valence electrons. The molecule has 0 radical (unpaired) electrons. The van der Waals surface area contributed by atoms with Crippen LogP contribution in [-0.2, 0) is 24.7 Å². The molecule has 1 N–H and O–H groups in total. The van der Waals surface area contributed by atoms with Gasteiger partial charge < -0.3 is 14.8 Å².